The standard InChI is InChI=1S/C28H33F2N3O10/c1-3-4-8-40-22(34)14-41-28(38)43-15-42-25-23-27(37)33-16(2)7-9-39-21(33)13-32(23)12-19(24(25)35)26(36)31-11-17-5-6-18(29)10-20(17)30/h5-6,10,12,16-17,20-21H,3-4,7-9,11,13-15H2,1-2H3,(H,31,36)/t16-,17?,20?,21+/m1/s1. The van der Waals surface area contributed by atoms with Crippen molar-refractivity contribution in [2.45, 2.75) is 58.1 Å². The molecule has 4 atom stereocenters. The number of alkyl halides is 1. The Morgan fingerprint density at radius 1 is 1.19 bits per heavy atom. The maximum Gasteiger partial charge on any atom is 0.511 e. The van der Waals surface area contributed by atoms with Gasteiger partial charge in [-0.15, -0.1) is 0 Å². The van der Waals surface area contributed by atoms with E-state index in [9.17, 15) is 32.8 Å². The number of halogens is 2. The van der Waals surface area contributed by atoms with Crippen LogP contribution in [0.3, 0.4) is 0 Å². The van der Waals surface area contributed by atoms with Gasteiger partial charge in [0, 0.05) is 24.7 Å². The van der Waals surface area contributed by atoms with Crippen LogP contribution in [0.2, 0.25) is 0 Å². The first-order valence-electron chi connectivity index (χ1n) is 13.9. The lowest BCUT2D eigenvalue weighted by atomic mass is 9.98. The first kappa shape index (κ1) is 31.7. The molecule has 0 spiro atoms. The van der Waals surface area contributed by atoms with Crippen molar-refractivity contribution in [3.63, 3.8) is 0 Å². The number of ether oxygens (including phenoxy) is 5. The summed E-state index contributed by atoms with van der Waals surface area (Å²) in [7, 11) is 0. The number of hydrogen-bond donors (Lipinski definition) is 1. The van der Waals surface area contributed by atoms with Crippen LogP contribution in [0, 0.1) is 5.92 Å². The fourth-order valence-electron chi connectivity index (χ4n) is 4.75. The summed E-state index contributed by atoms with van der Waals surface area (Å²) in [6.45, 7) is 2.53. The highest BCUT2D eigenvalue weighted by molar-refractivity contribution is 5.99. The normalized spacial score (nSPS) is 22.6. The molecule has 43 heavy (non-hydrogen) atoms. The van der Waals surface area contributed by atoms with E-state index in [0.29, 0.717) is 19.4 Å². The van der Waals surface area contributed by atoms with Crippen molar-refractivity contribution < 1.29 is 51.6 Å². The van der Waals surface area contributed by atoms with Crippen LogP contribution in [0.1, 0.15) is 54.0 Å². The number of allylic oxidation sites excluding steroid dienone is 3. The van der Waals surface area contributed by atoms with E-state index in [-0.39, 0.29) is 31.4 Å². The number of esters is 1. The van der Waals surface area contributed by atoms with Crippen LogP contribution in [-0.4, -0.2) is 85.0 Å². The topological polar surface area (TPSA) is 152 Å². The van der Waals surface area contributed by atoms with Crippen LogP contribution in [0.5, 0.6) is 5.75 Å². The van der Waals surface area contributed by atoms with Gasteiger partial charge in [0.1, 0.15) is 17.6 Å². The first-order chi connectivity index (χ1) is 20.6. The highest BCUT2D eigenvalue weighted by atomic mass is 19.1. The van der Waals surface area contributed by atoms with E-state index in [1.807, 2.05) is 13.8 Å². The van der Waals surface area contributed by atoms with Gasteiger partial charge in [-0.2, -0.15) is 0 Å². The quantitative estimate of drug-likeness (QED) is 0.225. The number of carbonyl (C=O) groups excluding carboxylic acids is 4. The zero-order valence-corrected chi connectivity index (χ0v) is 23.7. The molecule has 1 saturated heterocycles. The van der Waals surface area contributed by atoms with E-state index in [1.165, 1.54) is 21.7 Å². The summed E-state index contributed by atoms with van der Waals surface area (Å²) in [6.07, 6.45) is 2.67. The monoisotopic (exact) mass is 609 g/mol. The lowest BCUT2D eigenvalue weighted by Gasteiger charge is -2.44. The minimum absolute atomic E-state index is 0.0629. The van der Waals surface area contributed by atoms with Crippen molar-refractivity contribution in [3.05, 3.63) is 51.7 Å². The van der Waals surface area contributed by atoms with Crippen LogP contribution in [0.25, 0.3) is 0 Å². The fourth-order valence-corrected chi connectivity index (χ4v) is 4.75. The van der Waals surface area contributed by atoms with E-state index in [0.717, 1.165) is 18.6 Å². The molecule has 0 radical (unpaired) electrons. The van der Waals surface area contributed by atoms with E-state index in [1.54, 1.807) is 0 Å². The molecular formula is C28H33F2N3O10. The van der Waals surface area contributed by atoms with Crippen molar-refractivity contribution in [2.24, 2.45) is 5.92 Å². The Hall–Kier alpha value is -4.27. The molecule has 3 heterocycles. The molecular weight excluding hydrogens is 576 g/mol. The number of unbranched alkanes of at least 4 members (excludes halogenated alkanes) is 1. The third-order valence-electron chi connectivity index (χ3n) is 7.08. The number of nitrogens with one attached hydrogen (secondary N) is 1. The maximum atomic E-state index is 14.2. The Labute approximate surface area is 245 Å². The SMILES string of the molecule is CCCCOC(=O)COC(=O)OCOc1c2n(cc(C(=O)NCC3C=CC(F)=CC3F)c1=O)C[C@@H]1OCC[C@@H](C)N1C2=O. The second-order valence-corrected chi connectivity index (χ2v) is 10.1. The van der Waals surface area contributed by atoms with E-state index in [2.05, 4.69) is 10.1 Å². The van der Waals surface area contributed by atoms with Crippen molar-refractivity contribution in [1.29, 1.82) is 0 Å². The highest BCUT2D eigenvalue weighted by Crippen LogP contribution is 2.30. The number of rotatable bonds is 11. The molecule has 0 bridgehead atoms. The Morgan fingerprint density at radius 2 is 1.98 bits per heavy atom. The van der Waals surface area contributed by atoms with E-state index >= 15 is 0 Å². The molecule has 2 amide bonds. The van der Waals surface area contributed by atoms with Crippen LogP contribution in [0.15, 0.2) is 35.0 Å². The molecule has 2 aliphatic heterocycles. The fraction of sp³-hybridized carbons (Fsp3) is 0.536. The predicted octanol–water partition coefficient (Wildman–Crippen LogP) is 2.38. The largest absolute Gasteiger partial charge is 0.511 e. The Bertz CT molecular complexity index is 1360. The Morgan fingerprint density at radius 3 is 2.72 bits per heavy atom. The second kappa shape index (κ2) is 14.3. The van der Waals surface area contributed by atoms with Gasteiger partial charge in [-0.05, 0) is 31.9 Å². The molecule has 2 unspecified atom stereocenters. The average Bonchev–Trinajstić information content (AvgIpc) is 2.96. The molecule has 1 aromatic rings. The summed E-state index contributed by atoms with van der Waals surface area (Å²) in [6, 6.07) is -0.217. The highest BCUT2D eigenvalue weighted by Gasteiger charge is 2.41. The second-order valence-electron chi connectivity index (χ2n) is 10.1. The van der Waals surface area contributed by atoms with Gasteiger partial charge in [-0.1, -0.05) is 19.4 Å². The van der Waals surface area contributed by atoms with Gasteiger partial charge >= 0.3 is 12.1 Å². The molecule has 0 saturated carbocycles. The number of pyridine rings is 1. The molecule has 1 aromatic heterocycles. The van der Waals surface area contributed by atoms with Crippen LogP contribution in [0.4, 0.5) is 13.6 Å². The summed E-state index contributed by atoms with van der Waals surface area (Å²) in [5.74, 6) is -4.43. The minimum Gasteiger partial charge on any atom is -0.463 e. The Kier molecular flexibility index (Phi) is 10.5. The zero-order valence-electron chi connectivity index (χ0n) is 23.7. The number of amides is 2. The first-order valence-corrected chi connectivity index (χ1v) is 13.9. The smallest absolute Gasteiger partial charge is 0.463 e. The van der Waals surface area contributed by atoms with E-state index < -0.39 is 78.2 Å². The maximum absolute atomic E-state index is 14.2. The van der Waals surface area contributed by atoms with Crippen LogP contribution >= 0.6 is 0 Å². The summed E-state index contributed by atoms with van der Waals surface area (Å²) in [5, 5.41) is 2.46. The van der Waals surface area contributed by atoms with Crippen molar-refractivity contribution in [2.75, 3.05) is 33.2 Å². The predicted molar refractivity (Wildman–Crippen MR) is 144 cm³/mol. The number of carbonyl (C=O) groups is 4. The molecule has 1 aliphatic carbocycles. The van der Waals surface area contributed by atoms with Gasteiger partial charge in [-0.3, -0.25) is 14.4 Å². The summed E-state index contributed by atoms with van der Waals surface area (Å²) in [5.41, 5.74) is -1.61. The van der Waals surface area contributed by atoms with Crippen LogP contribution < -0.4 is 15.5 Å². The summed E-state index contributed by atoms with van der Waals surface area (Å²) < 4.78 is 54.3. The molecule has 13 nitrogen and oxygen atoms in total. The van der Waals surface area contributed by atoms with Gasteiger partial charge < -0.3 is 38.5 Å². The van der Waals surface area contributed by atoms with Crippen molar-refractivity contribution >= 4 is 23.9 Å². The van der Waals surface area contributed by atoms with Crippen LogP contribution in [-0.2, 0) is 30.3 Å². The average molecular weight is 610 g/mol. The number of aromatic nitrogens is 1. The number of nitrogens with zero attached hydrogens (tertiary/aromatic N) is 2. The lowest BCUT2D eigenvalue weighted by molar-refractivity contribution is -0.148. The summed E-state index contributed by atoms with van der Waals surface area (Å²) in [4.78, 5) is 65.1. The molecule has 1 N–H and O–H groups in total. The molecule has 15 heteroatoms. The van der Waals surface area contributed by atoms with Gasteiger partial charge in [0.2, 0.25) is 18.0 Å². The molecule has 234 valence electrons. The molecule has 0 aromatic carbocycles. The Balaban J connectivity index is 1.51. The van der Waals surface area contributed by atoms with Gasteiger partial charge in [0.15, 0.2) is 18.5 Å². The third-order valence-corrected chi connectivity index (χ3v) is 7.08. The molecule has 4 rings (SSSR count). The van der Waals surface area contributed by atoms with E-state index in [4.69, 9.17) is 18.9 Å². The lowest BCUT2D eigenvalue weighted by Crippen LogP contribution is -2.57. The minimum atomic E-state index is -1.68. The van der Waals surface area contributed by atoms with Gasteiger partial charge in [0.25, 0.3) is 11.8 Å². The zero-order chi connectivity index (χ0) is 31.1. The van der Waals surface area contributed by atoms with Crippen molar-refractivity contribution in [3.8, 4) is 5.75 Å². The summed E-state index contributed by atoms with van der Waals surface area (Å²) >= 11 is 0. The van der Waals surface area contributed by atoms with Crippen molar-refractivity contribution in [1.82, 2.24) is 14.8 Å². The third kappa shape index (κ3) is 7.58. The number of fused-ring (bicyclic) bond motifs is 2. The van der Waals surface area contributed by atoms with Gasteiger partial charge in [-0.25, -0.2) is 18.4 Å². The number of hydrogen-bond acceptors (Lipinski definition) is 10. The molecule has 1 fully saturated rings. The molecule has 3 aliphatic rings. The van der Waals surface area contributed by atoms with Gasteiger partial charge in [0.05, 0.1) is 19.8 Å².